The molecule has 2 N–H and O–H groups in total. The lowest BCUT2D eigenvalue weighted by atomic mass is 9.87. The number of nitrogens with zero attached hydrogens (tertiary/aromatic N) is 1. The molecule has 4 heteroatoms. The van der Waals surface area contributed by atoms with E-state index >= 15 is 0 Å². The van der Waals surface area contributed by atoms with E-state index in [0.717, 1.165) is 31.0 Å². The quantitative estimate of drug-likeness (QED) is 0.671. The molecule has 0 atom stereocenters. The number of rotatable bonds is 8. The fourth-order valence-electron chi connectivity index (χ4n) is 3.50. The highest BCUT2D eigenvalue weighted by Crippen LogP contribution is 2.27. The predicted molar refractivity (Wildman–Crippen MR) is 98.6 cm³/mol. The fourth-order valence-corrected chi connectivity index (χ4v) is 3.50. The van der Waals surface area contributed by atoms with Crippen molar-refractivity contribution in [2.45, 2.75) is 58.3 Å². The van der Waals surface area contributed by atoms with Crippen molar-refractivity contribution in [1.29, 1.82) is 0 Å². The molecule has 0 heterocycles. The highest BCUT2D eigenvalue weighted by molar-refractivity contribution is 5.85. The van der Waals surface area contributed by atoms with Crippen LogP contribution in [0.2, 0.25) is 0 Å². The maximum atomic E-state index is 9.58. The highest BCUT2D eigenvalue weighted by atomic mass is 35.5. The Morgan fingerprint density at radius 3 is 2.39 bits per heavy atom. The SMILES string of the molecule is CCCN(CCc1ccc(O)c(O)c1)CCC1CCCCC1.Cl. The Labute approximate surface area is 147 Å². The Morgan fingerprint density at radius 1 is 1.00 bits per heavy atom. The normalized spacial score (nSPS) is 15.6. The maximum Gasteiger partial charge on any atom is 0.157 e. The van der Waals surface area contributed by atoms with Crippen LogP contribution in [-0.4, -0.2) is 34.7 Å². The molecule has 1 aromatic rings. The molecule has 0 saturated heterocycles. The number of aromatic hydroxyl groups is 2. The minimum atomic E-state index is -0.0357. The van der Waals surface area contributed by atoms with Gasteiger partial charge in [0, 0.05) is 6.54 Å². The van der Waals surface area contributed by atoms with Gasteiger partial charge in [0.1, 0.15) is 0 Å². The van der Waals surface area contributed by atoms with Crippen LogP contribution >= 0.6 is 12.4 Å². The molecule has 1 aromatic carbocycles. The van der Waals surface area contributed by atoms with Gasteiger partial charge in [-0.25, -0.2) is 0 Å². The second-order valence-corrected chi connectivity index (χ2v) is 6.71. The summed E-state index contributed by atoms with van der Waals surface area (Å²) in [5.74, 6) is 0.888. The first-order chi connectivity index (χ1) is 10.7. The summed E-state index contributed by atoms with van der Waals surface area (Å²) in [7, 11) is 0. The summed E-state index contributed by atoms with van der Waals surface area (Å²) in [6.45, 7) is 5.62. The molecule has 132 valence electrons. The molecule has 1 fully saturated rings. The highest BCUT2D eigenvalue weighted by Gasteiger charge is 2.15. The third-order valence-corrected chi connectivity index (χ3v) is 4.87. The second kappa shape index (κ2) is 10.8. The van der Waals surface area contributed by atoms with Gasteiger partial charge in [0.05, 0.1) is 0 Å². The second-order valence-electron chi connectivity index (χ2n) is 6.71. The van der Waals surface area contributed by atoms with Crippen LogP contribution in [0.15, 0.2) is 18.2 Å². The molecule has 0 bridgehead atoms. The number of phenols is 2. The number of hydrogen-bond acceptors (Lipinski definition) is 3. The molecule has 1 aliphatic carbocycles. The summed E-state index contributed by atoms with van der Waals surface area (Å²) in [5.41, 5.74) is 1.09. The van der Waals surface area contributed by atoms with E-state index in [0.29, 0.717) is 0 Å². The van der Waals surface area contributed by atoms with Crippen molar-refractivity contribution in [2.24, 2.45) is 5.92 Å². The average molecular weight is 342 g/mol. The van der Waals surface area contributed by atoms with Gasteiger partial charge in [0.25, 0.3) is 0 Å². The fraction of sp³-hybridized carbons (Fsp3) is 0.684. The van der Waals surface area contributed by atoms with Crippen molar-refractivity contribution in [1.82, 2.24) is 4.90 Å². The van der Waals surface area contributed by atoms with Crippen LogP contribution in [0, 0.1) is 5.92 Å². The molecule has 0 amide bonds. The van der Waals surface area contributed by atoms with Crippen LogP contribution in [0.25, 0.3) is 0 Å². The van der Waals surface area contributed by atoms with E-state index in [9.17, 15) is 10.2 Å². The monoisotopic (exact) mass is 341 g/mol. The summed E-state index contributed by atoms with van der Waals surface area (Å²) in [6, 6.07) is 5.16. The topological polar surface area (TPSA) is 43.7 Å². The smallest absolute Gasteiger partial charge is 0.157 e. The minimum Gasteiger partial charge on any atom is -0.504 e. The molecule has 3 nitrogen and oxygen atoms in total. The van der Waals surface area contributed by atoms with E-state index in [-0.39, 0.29) is 23.9 Å². The molecule has 0 spiro atoms. The van der Waals surface area contributed by atoms with E-state index in [1.807, 2.05) is 6.07 Å². The van der Waals surface area contributed by atoms with Crippen molar-refractivity contribution in [3.05, 3.63) is 23.8 Å². The average Bonchev–Trinajstić information content (AvgIpc) is 2.54. The largest absolute Gasteiger partial charge is 0.504 e. The molecular weight excluding hydrogens is 310 g/mol. The Morgan fingerprint density at radius 2 is 1.74 bits per heavy atom. The number of hydrogen-bond donors (Lipinski definition) is 2. The molecule has 0 aromatic heterocycles. The predicted octanol–water partition coefficient (Wildman–Crippen LogP) is 4.74. The van der Waals surface area contributed by atoms with Gasteiger partial charge >= 0.3 is 0 Å². The first kappa shape index (κ1) is 20.1. The zero-order valence-electron chi connectivity index (χ0n) is 14.3. The van der Waals surface area contributed by atoms with Crippen molar-refractivity contribution < 1.29 is 10.2 Å². The number of phenolic OH excluding ortho intramolecular Hbond substituents is 2. The molecule has 0 radical (unpaired) electrons. The van der Waals surface area contributed by atoms with Gasteiger partial charge < -0.3 is 15.1 Å². The lowest BCUT2D eigenvalue weighted by Gasteiger charge is -2.27. The van der Waals surface area contributed by atoms with Crippen LogP contribution in [-0.2, 0) is 6.42 Å². The van der Waals surface area contributed by atoms with E-state index in [1.165, 1.54) is 51.5 Å². The Bertz CT molecular complexity index is 447. The first-order valence-corrected chi connectivity index (χ1v) is 8.92. The lowest BCUT2D eigenvalue weighted by molar-refractivity contribution is 0.233. The van der Waals surface area contributed by atoms with Gasteiger partial charge in [-0.1, -0.05) is 45.1 Å². The minimum absolute atomic E-state index is 0. The van der Waals surface area contributed by atoms with Crippen LogP contribution in [0.4, 0.5) is 0 Å². The third-order valence-electron chi connectivity index (χ3n) is 4.87. The molecule has 1 aliphatic rings. The summed E-state index contributed by atoms with van der Waals surface area (Å²) in [6.07, 6.45) is 10.6. The first-order valence-electron chi connectivity index (χ1n) is 8.92. The van der Waals surface area contributed by atoms with E-state index < -0.39 is 0 Å². The van der Waals surface area contributed by atoms with Crippen molar-refractivity contribution in [3.63, 3.8) is 0 Å². The molecule has 0 aliphatic heterocycles. The summed E-state index contributed by atoms with van der Waals surface area (Å²) < 4.78 is 0. The van der Waals surface area contributed by atoms with Crippen LogP contribution in [0.1, 0.15) is 57.4 Å². The van der Waals surface area contributed by atoms with E-state index in [1.54, 1.807) is 12.1 Å². The molecule has 1 saturated carbocycles. The van der Waals surface area contributed by atoms with Gasteiger partial charge in [-0.05, 0) is 56.0 Å². The number of halogens is 1. The molecular formula is C19H32ClNO2. The van der Waals surface area contributed by atoms with Gasteiger partial charge in [-0.3, -0.25) is 0 Å². The third kappa shape index (κ3) is 7.01. The van der Waals surface area contributed by atoms with Crippen molar-refractivity contribution in [2.75, 3.05) is 19.6 Å². The Hall–Kier alpha value is -0.930. The van der Waals surface area contributed by atoms with Gasteiger partial charge in [0.15, 0.2) is 11.5 Å². The van der Waals surface area contributed by atoms with Gasteiger partial charge in [0.2, 0.25) is 0 Å². The number of benzene rings is 1. The van der Waals surface area contributed by atoms with Gasteiger partial charge in [-0.15, -0.1) is 12.4 Å². The van der Waals surface area contributed by atoms with Crippen LogP contribution < -0.4 is 0 Å². The summed E-state index contributed by atoms with van der Waals surface area (Å²) in [5, 5.41) is 19.0. The summed E-state index contributed by atoms with van der Waals surface area (Å²) in [4.78, 5) is 2.55. The zero-order valence-corrected chi connectivity index (χ0v) is 15.2. The molecule has 23 heavy (non-hydrogen) atoms. The van der Waals surface area contributed by atoms with E-state index in [2.05, 4.69) is 11.8 Å². The van der Waals surface area contributed by atoms with Crippen molar-refractivity contribution >= 4 is 12.4 Å². The molecule has 2 rings (SSSR count). The Kier molecular flexibility index (Phi) is 9.42. The van der Waals surface area contributed by atoms with Gasteiger partial charge in [-0.2, -0.15) is 0 Å². The van der Waals surface area contributed by atoms with Crippen LogP contribution in [0.3, 0.4) is 0 Å². The lowest BCUT2D eigenvalue weighted by Crippen LogP contribution is -2.29. The van der Waals surface area contributed by atoms with Crippen molar-refractivity contribution in [3.8, 4) is 11.5 Å². The van der Waals surface area contributed by atoms with E-state index in [4.69, 9.17) is 0 Å². The Balaban J connectivity index is 0.00000264. The summed E-state index contributed by atoms with van der Waals surface area (Å²) >= 11 is 0. The maximum absolute atomic E-state index is 9.58. The zero-order chi connectivity index (χ0) is 15.8. The molecule has 0 unspecified atom stereocenters. The van der Waals surface area contributed by atoms with Crippen LogP contribution in [0.5, 0.6) is 11.5 Å². The standard InChI is InChI=1S/C19H31NO2.ClH/c1-2-12-20(13-10-16-6-4-3-5-7-16)14-11-17-8-9-18(21)19(22)15-17;/h8-9,15-16,21-22H,2-7,10-14H2,1H3;1H.